The zero-order chi connectivity index (χ0) is 26.1. The van der Waals surface area contributed by atoms with E-state index in [1.165, 1.54) is 24.3 Å². The summed E-state index contributed by atoms with van der Waals surface area (Å²) in [7, 11) is 0. The average molecular weight is 511 g/mol. The number of hydrogen-bond acceptors (Lipinski definition) is 5. The quantitative estimate of drug-likeness (QED) is 0.325. The Morgan fingerprint density at radius 2 is 1.37 bits per heavy atom. The van der Waals surface area contributed by atoms with Crippen molar-refractivity contribution in [3.05, 3.63) is 90.9 Å². The fraction of sp³-hybridized carbons (Fsp3) is 0.233. The van der Waals surface area contributed by atoms with E-state index >= 15 is 0 Å². The molecule has 6 rings (SSSR count). The van der Waals surface area contributed by atoms with Crippen LogP contribution in [0.5, 0.6) is 0 Å². The molecule has 0 atom stereocenters. The van der Waals surface area contributed by atoms with E-state index in [-0.39, 0.29) is 17.7 Å². The number of nitrogens with two attached hydrogens (primary N) is 1. The van der Waals surface area contributed by atoms with Gasteiger partial charge in [0, 0.05) is 53.3 Å². The lowest BCUT2D eigenvalue weighted by Crippen LogP contribution is -2.40. The van der Waals surface area contributed by atoms with E-state index in [0.29, 0.717) is 17.9 Å². The molecule has 8 heteroatoms. The minimum Gasteiger partial charge on any atom is -0.328 e. The number of likely N-dealkylation sites (tertiary alicyclic amines) is 1. The minimum absolute atomic E-state index is 0.289. The van der Waals surface area contributed by atoms with E-state index in [1.807, 2.05) is 23.0 Å². The molecule has 38 heavy (non-hydrogen) atoms. The highest BCUT2D eigenvalue weighted by molar-refractivity contribution is 6.05. The molecule has 0 bridgehead atoms. The maximum Gasteiger partial charge on any atom is 0.182 e. The summed E-state index contributed by atoms with van der Waals surface area (Å²) in [4.78, 5) is 11.6. The van der Waals surface area contributed by atoms with Crippen molar-refractivity contribution in [2.45, 2.75) is 25.4 Å². The first-order valence-corrected chi connectivity index (χ1v) is 12.9. The summed E-state index contributed by atoms with van der Waals surface area (Å²) in [6, 6.07) is 16.9. The number of rotatable bonds is 6. The molecule has 1 aliphatic heterocycles. The van der Waals surface area contributed by atoms with Gasteiger partial charge < -0.3 is 10.6 Å². The van der Waals surface area contributed by atoms with Crippen molar-refractivity contribution in [3.63, 3.8) is 0 Å². The predicted molar refractivity (Wildman–Crippen MR) is 145 cm³/mol. The third kappa shape index (κ3) is 4.92. The topological polar surface area (TPSA) is 72.9 Å². The first-order chi connectivity index (χ1) is 18.5. The molecule has 0 unspecified atom stereocenters. The Hall–Kier alpha value is -4.01. The summed E-state index contributed by atoms with van der Waals surface area (Å²) in [5, 5.41) is 5.72. The number of hydrogen-bond donors (Lipinski definition) is 1. The van der Waals surface area contributed by atoms with E-state index in [0.717, 1.165) is 65.7 Å². The number of pyridine rings is 2. The lowest BCUT2D eigenvalue weighted by Gasteiger charge is -2.29. The number of aromatic nitrogens is 4. The molecule has 1 fully saturated rings. The molecule has 0 spiro atoms. The first-order valence-electron chi connectivity index (χ1n) is 12.9. The summed E-state index contributed by atoms with van der Waals surface area (Å²) in [6.45, 7) is 3.56. The molecule has 5 aromatic rings. The Kier molecular flexibility index (Phi) is 6.66. The van der Waals surface area contributed by atoms with Gasteiger partial charge in [-0.05, 0) is 85.6 Å². The fourth-order valence-electron chi connectivity index (χ4n) is 5.15. The molecule has 1 aliphatic rings. The SMILES string of the molecule is NC1CCN(CCn2cc3c(-c4ccc(F)cc4)c(-c4ccncc4)c(-c4ccc(F)cc4)nc3n2)CC1. The van der Waals surface area contributed by atoms with E-state index in [9.17, 15) is 8.78 Å². The predicted octanol–water partition coefficient (Wildman–Crippen LogP) is 5.53. The molecular formula is C30H28F2N6. The van der Waals surface area contributed by atoms with Gasteiger partial charge in [-0.1, -0.05) is 12.1 Å². The van der Waals surface area contributed by atoms with Crippen LogP contribution in [0.15, 0.2) is 79.3 Å². The number of piperidine rings is 1. The standard InChI is InChI=1S/C30H28F2N6/c31-23-5-1-20(2-6-23)27-26-19-38(18-17-37-15-11-25(33)12-16-37)36-30(26)35-29(22-3-7-24(32)8-4-22)28(27)21-9-13-34-14-10-21/h1-10,13-14,19,25H,11-12,15-18,33H2. The third-order valence-corrected chi connectivity index (χ3v) is 7.21. The van der Waals surface area contributed by atoms with Gasteiger partial charge in [-0.2, -0.15) is 5.10 Å². The molecule has 3 aromatic heterocycles. The molecular weight excluding hydrogens is 482 g/mol. The van der Waals surface area contributed by atoms with Crippen molar-refractivity contribution in [1.29, 1.82) is 0 Å². The van der Waals surface area contributed by atoms with Crippen LogP contribution in [0.1, 0.15) is 12.8 Å². The maximum atomic E-state index is 13.9. The second-order valence-electron chi connectivity index (χ2n) is 9.77. The monoisotopic (exact) mass is 510 g/mol. The third-order valence-electron chi connectivity index (χ3n) is 7.21. The van der Waals surface area contributed by atoms with Crippen LogP contribution in [0.3, 0.4) is 0 Å². The fourth-order valence-corrected chi connectivity index (χ4v) is 5.15. The van der Waals surface area contributed by atoms with E-state index in [4.69, 9.17) is 15.8 Å². The summed E-state index contributed by atoms with van der Waals surface area (Å²) >= 11 is 0. The highest BCUT2D eigenvalue weighted by Gasteiger charge is 2.22. The average Bonchev–Trinajstić information content (AvgIpc) is 3.36. The lowest BCUT2D eigenvalue weighted by atomic mass is 9.90. The molecule has 4 heterocycles. The van der Waals surface area contributed by atoms with E-state index < -0.39 is 0 Å². The zero-order valence-corrected chi connectivity index (χ0v) is 20.9. The summed E-state index contributed by atoms with van der Waals surface area (Å²) in [5.41, 5.74) is 11.6. The van der Waals surface area contributed by atoms with Gasteiger partial charge in [0.25, 0.3) is 0 Å². The van der Waals surface area contributed by atoms with Crippen molar-refractivity contribution in [2.75, 3.05) is 19.6 Å². The molecule has 0 amide bonds. The molecule has 0 radical (unpaired) electrons. The summed E-state index contributed by atoms with van der Waals surface area (Å²) in [6.07, 6.45) is 7.50. The van der Waals surface area contributed by atoms with Crippen LogP contribution in [0.25, 0.3) is 44.5 Å². The molecule has 1 saturated heterocycles. The van der Waals surface area contributed by atoms with Crippen LogP contribution >= 0.6 is 0 Å². The highest BCUT2D eigenvalue weighted by Crippen LogP contribution is 2.42. The second kappa shape index (κ2) is 10.4. The first kappa shape index (κ1) is 24.3. The van der Waals surface area contributed by atoms with Gasteiger partial charge in [-0.3, -0.25) is 9.67 Å². The van der Waals surface area contributed by atoms with Crippen molar-refractivity contribution >= 4 is 11.0 Å². The number of benzene rings is 2. The number of nitrogens with zero attached hydrogens (tertiary/aromatic N) is 5. The zero-order valence-electron chi connectivity index (χ0n) is 20.9. The van der Waals surface area contributed by atoms with Gasteiger partial charge in [0.05, 0.1) is 12.2 Å². The Morgan fingerprint density at radius 1 is 0.763 bits per heavy atom. The highest BCUT2D eigenvalue weighted by atomic mass is 19.1. The second-order valence-corrected chi connectivity index (χ2v) is 9.77. The van der Waals surface area contributed by atoms with Crippen LogP contribution in [0, 0.1) is 11.6 Å². The summed E-state index contributed by atoms with van der Waals surface area (Å²) < 4.78 is 29.7. The Morgan fingerprint density at radius 3 is 2.03 bits per heavy atom. The number of halogens is 2. The molecule has 6 nitrogen and oxygen atoms in total. The van der Waals surface area contributed by atoms with Crippen molar-refractivity contribution in [1.82, 2.24) is 24.6 Å². The molecule has 0 aliphatic carbocycles. The molecule has 0 saturated carbocycles. The van der Waals surface area contributed by atoms with Gasteiger partial charge in [0.2, 0.25) is 0 Å². The van der Waals surface area contributed by atoms with Gasteiger partial charge in [-0.25, -0.2) is 13.8 Å². The normalized spacial score (nSPS) is 14.8. The van der Waals surface area contributed by atoms with Crippen molar-refractivity contribution < 1.29 is 8.78 Å². The Bertz CT molecular complexity index is 1540. The largest absolute Gasteiger partial charge is 0.328 e. The molecule has 192 valence electrons. The maximum absolute atomic E-state index is 13.9. The number of fused-ring (bicyclic) bond motifs is 1. The van der Waals surface area contributed by atoms with Gasteiger partial charge in [0.1, 0.15) is 11.6 Å². The smallest absolute Gasteiger partial charge is 0.182 e. The van der Waals surface area contributed by atoms with Gasteiger partial charge >= 0.3 is 0 Å². The van der Waals surface area contributed by atoms with Crippen LogP contribution in [0.2, 0.25) is 0 Å². The lowest BCUT2D eigenvalue weighted by molar-refractivity contribution is 0.204. The van der Waals surface area contributed by atoms with Gasteiger partial charge in [-0.15, -0.1) is 0 Å². The van der Waals surface area contributed by atoms with Crippen molar-refractivity contribution in [2.24, 2.45) is 5.73 Å². The minimum atomic E-state index is -0.318. The van der Waals surface area contributed by atoms with E-state index in [1.54, 1.807) is 36.7 Å². The van der Waals surface area contributed by atoms with Crippen LogP contribution in [-0.4, -0.2) is 50.3 Å². The molecule has 2 N–H and O–H groups in total. The van der Waals surface area contributed by atoms with Crippen molar-refractivity contribution in [3.8, 4) is 33.5 Å². The summed E-state index contributed by atoms with van der Waals surface area (Å²) in [5.74, 6) is -0.623. The Labute approximate surface area is 219 Å². The van der Waals surface area contributed by atoms with Gasteiger partial charge in [0.15, 0.2) is 5.65 Å². The van der Waals surface area contributed by atoms with Crippen LogP contribution in [-0.2, 0) is 6.54 Å². The van der Waals surface area contributed by atoms with Crippen LogP contribution < -0.4 is 5.73 Å². The molecule has 2 aromatic carbocycles. The van der Waals surface area contributed by atoms with Crippen LogP contribution in [0.4, 0.5) is 8.78 Å². The van der Waals surface area contributed by atoms with E-state index in [2.05, 4.69) is 9.88 Å². The Balaban J connectivity index is 1.53.